The second-order valence-electron chi connectivity index (χ2n) is 13.5. The van der Waals surface area contributed by atoms with Gasteiger partial charge in [0, 0.05) is 17.8 Å². The van der Waals surface area contributed by atoms with Crippen LogP contribution in [0.1, 0.15) is 106 Å². The molecule has 0 aromatic carbocycles. The molecular formula is C30H46O4. The van der Waals surface area contributed by atoms with E-state index >= 15 is 0 Å². The van der Waals surface area contributed by atoms with Crippen molar-refractivity contribution < 1.29 is 19.8 Å². The SMILES string of the molecule is CC(C)=CCC[C@@H](C(=O)O)[C@H]1[C@H](O)C[C@@]2(C)C3=C(CC[C@]12C)[C@@]1(C)CCC(=O)C(C)(C)C1CC3. The normalized spacial score (nSPS) is 41.9. The Bertz CT molecular complexity index is 937. The number of ketones is 1. The van der Waals surface area contributed by atoms with Crippen molar-refractivity contribution in [2.75, 3.05) is 0 Å². The van der Waals surface area contributed by atoms with Gasteiger partial charge in [-0.05, 0) is 87.4 Å². The Hall–Kier alpha value is -1.42. The number of hydrogen-bond acceptors (Lipinski definition) is 3. The molecule has 190 valence electrons. The maximum absolute atomic E-state index is 12.8. The smallest absolute Gasteiger partial charge is 0.306 e. The van der Waals surface area contributed by atoms with Crippen LogP contribution < -0.4 is 0 Å². The highest BCUT2D eigenvalue weighted by Gasteiger charge is 2.66. The van der Waals surface area contributed by atoms with Crippen LogP contribution in [0, 0.1) is 39.4 Å². The summed E-state index contributed by atoms with van der Waals surface area (Å²) in [6.45, 7) is 15.4. The van der Waals surface area contributed by atoms with Crippen LogP contribution in [0.25, 0.3) is 0 Å². The molecule has 7 atom stereocenters. The van der Waals surface area contributed by atoms with Gasteiger partial charge in [-0.25, -0.2) is 0 Å². The molecule has 34 heavy (non-hydrogen) atoms. The van der Waals surface area contributed by atoms with Gasteiger partial charge in [-0.15, -0.1) is 0 Å². The summed E-state index contributed by atoms with van der Waals surface area (Å²) in [5, 5.41) is 21.7. The number of carboxylic acid groups (broad SMARTS) is 1. The summed E-state index contributed by atoms with van der Waals surface area (Å²) in [5.41, 5.74) is 3.59. The Kier molecular flexibility index (Phi) is 6.28. The van der Waals surface area contributed by atoms with Crippen LogP contribution >= 0.6 is 0 Å². The first-order valence-corrected chi connectivity index (χ1v) is 13.5. The van der Waals surface area contributed by atoms with Crippen molar-refractivity contribution in [1.29, 1.82) is 0 Å². The number of carboxylic acids is 1. The van der Waals surface area contributed by atoms with E-state index < -0.39 is 18.0 Å². The van der Waals surface area contributed by atoms with Crippen molar-refractivity contribution in [1.82, 2.24) is 0 Å². The Morgan fingerprint density at radius 3 is 2.35 bits per heavy atom. The van der Waals surface area contributed by atoms with Crippen LogP contribution in [0.4, 0.5) is 0 Å². The van der Waals surface area contributed by atoms with Gasteiger partial charge in [0.15, 0.2) is 0 Å². The lowest BCUT2D eigenvalue weighted by Gasteiger charge is -2.60. The maximum Gasteiger partial charge on any atom is 0.306 e. The molecule has 0 bridgehead atoms. The first-order chi connectivity index (χ1) is 15.7. The Morgan fingerprint density at radius 1 is 1.06 bits per heavy atom. The van der Waals surface area contributed by atoms with Crippen molar-refractivity contribution in [2.24, 2.45) is 39.4 Å². The number of allylic oxidation sites excluding steroid dienone is 4. The molecule has 2 saturated carbocycles. The van der Waals surface area contributed by atoms with Crippen LogP contribution in [0.5, 0.6) is 0 Å². The van der Waals surface area contributed by atoms with Gasteiger partial charge in [0.2, 0.25) is 0 Å². The van der Waals surface area contributed by atoms with E-state index in [4.69, 9.17) is 0 Å². The molecule has 0 heterocycles. The van der Waals surface area contributed by atoms with Crippen LogP contribution in [0.2, 0.25) is 0 Å². The zero-order valence-corrected chi connectivity index (χ0v) is 22.5. The van der Waals surface area contributed by atoms with Crippen molar-refractivity contribution in [3.63, 3.8) is 0 Å². The third-order valence-corrected chi connectivity index (χ3v) is 11.3. The number of carbonyl (C=O) groups excluding carboxylic acids is 1. The third-order valence-electron chi connectivity index (χ3n) is 11.3. The fraction of sp³-hybridized carbons (Fsp3) is 0.800. The second-order valence-corrected chi connectivity index (χ2v) is 13.5. The highest BCUT2D eigenvalue weighted by atomic mass is 16.4. The highest BCUT2D eigenvalue weighted by molar-refractivity contribution is 5.85. The molecule has 4 nitrogen and oxygen atoms in total. The number of fused-ring (bicyclic) bond motifs is 4. The van der Waals surface area contributed by atoms with Gasteiger partial charge in [-0.1, -0.05) is 57.4 Å². The van der Waals surface area contributed by atoms with E-state index in [1.54, 1.807) is 5.57 Å². The lowest BCUT2D eigenvalue weighted by molar-refractivity contribution is -0.149. The molecule has 0 aromatic rings. The van der Waals surface area contributed by atoms with Crippen LogP contribution in [-0.2, 0) is 9.59 Å². The number of aliphatic hydroxyl groups is 1. The van der Waals surface area contributed by atoms with Crippen molar-refractivity contribution in [3.8, 4) is 0 Å². The molecule has 1 unspecified atom stereocenters. The molecule has 0 radical (unpaired) electrons. The molecule has 4 aliphatic rings. The minimum absolute atomic E-state index is 0.0357. The van der Waals surface area contributed by atoms with Crippen molar-refractivity contribution in [2.45, 2.75) is 112 Å². The van der Waals surface area contributed by atoms with Gasteiger partial charge in [0.1, 0.15) is 5.78 Å². The monoisotopic (exact) mass is 470 g/mol. The van der Waals surface area contributed by atoms with E-state index in [1.165, 1.54) is 11.1 Å². The minimum Gasteiger partial charge on any atom is -0.481 e. The number of rotatable bonds is 5. The van der Waals surface area contributed by atoms with E-state index in [1.807, 2.05) is 13.8 Å². The topological polar surface area (TPSA) is 74.6 Å². The molecule has 4 aliphatic carbocycles. The summed E-state index contributed by atoms with van der Waals surface area (Å²) in [7, 11) is 0. The number of aliphatic hydroxyl groups excluding tert-OH is 1. The lowest BCUT2D eigenvalue weighted by atomic mass is 9.43. The molecule has 2 N–H and O–H groups in total. The van der Waals surface area contributed by atoms with E-state index in [9.17, 15) is 19.8 Å². The average Bonchev–Trinajstić information content (AvgIpc) is 2.94. The molecule has 2 fully saturated rings. The molecule has 4 rings (SSSR count). The number of hydrogen-bond donors (Lipinski definition) is 2. The van der Waals surface area contributed by atoms with Crippen LogP contribution in [0.15, 0.2) is 22.8 Å². The first kappa shape index (κ1) is 25.7. The van der Waals surface area contributed by atoms with Gasteiger partial charge in [0.25, 0.3) is 0 Å². The molecule has 0 spiro atoms. The number of aliphatic carboxylic acids is 1. The largest absolute Gasteiger partial charge is 0.481 e. The summed E-state index contributed by atoms with van der Waals surface area (Å²) in [5.74, 6) is -0.754. The molecule has 0 amide bonds. The molecule has 0 saturated heterocycles. The zero-order valence-electron chi connectivity index (χ0n) is 22.5. The fourth-order valence-corrected chi connectivity index (χ4v) is 9.32. The zero-order chi connectivity index (χ0) is 25.3. The predicted molar refractivity (Wildman–Crippen MR) is 135 cm³/mol. The number of Topliss-reactive ketones (excluding diaryl/α,β-unsaturated/α-hetero) is 1. The van der Waals surface area contributed by atoms with Crippen LogP contribution in [0.3, 0.4) is 0 Å². The fourth-order valence-electron chi connectivity index (χ4n) is 9.32. The second kappa shape index (κ2) is 8.32. The Labute approximate surface area is 206 Å². The molecule has 4 heteroatoms. The summed E-state index contributed by atoms with van der Waals surface area (Å²) in [6.07, 6.45) is 8.98. The van der Waals surface area contributed by atoms with Gasteiger partial charge in [-0.3, -0.25) is 9.59 Å². The predicted octanol–water partition coefficient (Wildman–Crippen LogP) is 6.72. The maximum atomic E-state index is 12.8. The number of carbonyl (C=O) groups is 2. The van der Waals surface area contributed by atoms with Crippen molar-refractivity contribution >= 4 is 11.8 Å². The average molecular weight is 471 g/mol. The van der Waals surface area contributed by atoms with Gasteiger partial charge in [0.05, 0.1) is 12.0 Å². The molecular weight excluding hydrogens is 424 g/mol. The summed E-state index contributed by atoms with van der Waals surface area (Å²) < 4.78 is 0. The molecule has 0 aromatic heterocycles. The van der Waals surface area contributed by atoms with Gasteiger partial charge < -0.3 is 10.2 Å². The first-order valence-electron chi connectivity index (χ1n) is 13.5. The molecule has 0 aliphatic heterocycles. The van der Waals surface area contributed by atoms with E-state index in [0.717, 1.165) is 38.5 Å². The highest BCUT2D eigenvalue weighted by Crippen LogP contribution is 2.72. The van der Waals surface area contributed by atoms with Gasteiger partial charge >= 0.3 is 5.97 Å². The summed E-state index contributed by atoms with van der Waals surface area (Å²) in [4.78, 5) is 25.3. The minimum atomic E-state index is -0.764. The van der Waals surface area contributed by atoms with E-state index in [-0.39, 0.29) is 27.6 Å². The Morgan fingerprint density at radius 2 is 1.74 bits per heavy atom. The third kappa shape index (κ3) is 3.49. The quantitative estimate of drug-likeness (QED) is 0.437. The van der Waals surface area contributed by atoms with Crippen LogP contribution in [-0.4, -0.2) is 28.1 Å². The summed E-state index contributed by atoms with van der Waals surface area (Å²) in [6, 6.07) is 0. The van der Waals surface area contributed by atoms with Gasteiger partial charge in [-0.2, -0.15) is 0 Å². The summed E-state index contributed by atoms with van der Waals surface area (Å²) >= 11 is 0. The Balaban J connectivity index is 1.74. The lowest BCUT2D eigenvalue weighted by Crippen LogP contribution is -2.54. The standard InChI is InChI=1S/C30H46O4/c1-18(2)9-8-10-19(26(33)34)25-22(31)17-30(7)21-11-12-23-27(3,4)24(32)14-15-28(23,5)20(21)13-16-29(25,30)6/h9,19,22-23,25,31H,8,10-17H2,1-7H3,(H,33,34)/t19-,22-,23?,25+,28-,29-,30+/m1/s1. The van der Waals surface area contributed by atoms with E-state index in [2.05, 4.69) is 40.7 Å². The van der Waals surface area contributed by atoms with E-state index in [0.29, 0.717) is 31.0 Å². The van der Waals surface area contributed by atoms with Crippen molar-refractivity contribution in [3.05, 3.63) is 22.8 Å².